The number of urea groups is 1. The number of nitrogens with zero attached hydrogens (tertiary/aromatic N) is 1. The van der Waals surface area contributed by atoms with Crippen LogP contribution in [0.2, 0.25) is 0 Å². The number of nitrogens with one attached hydrogen (secondary N) is 1. The van der Waals surface area contributed by atoms with Crippen molar-refractivity contribution in [2.24, 2.45) is 0 Å². The fourth-order valence-electron chi connectivity index (χ4n) is 1.18. The highest BCUT2D eigenvalue weighted by Crippen LogP contribution is 1.91. The van der Waals surface area contributed by atoms with Crippen LogP contribution in [-0.4, -0.2) is 63.8 Å². The normalized spacial score (nSPS) is 10.1. The minimum Gasteiger partial charge on any atom is -0.383 e. The number of Topliss-reactive ketones (excluding diaryl/α,β-unsaturated/α-hetero) is 1. The van der Waals surface area contributed by atoms with Gasteiger partial charge in [-0.15, -0.1) is 0 Å². The maximum absolute atomic E-state index is 11.7. The lowest BCUT2D eigenvalue weighted by atomic mass is 10.3. The van der Waals surface area contributed by atoms with Gasteiger partial charge >= 0.3 is 6.03 Å². The van der Waals surface area contributed by atoms with Crippen molar-refractivity contribution >= 4 is 11.8 Å². The maximum atomic E-state index is 11.7. The van der Waals surface area contributed by atoms with E-state index in [-0.39, 0.29) is 11.8 Å². The first-order valence-corrected chi connectivity index (χ1v) is 5.62. The molecule has 0 fully saturated rings. The molecule has 6 nitrogen and oxygen atoms in total. The van der Waals surface area contributed by atoms with Crippen molar-refractivity contribution in [3.05, 3.63) is 0 Å². The predicted molar refractivity (Wildman–Crippen MR) is 64.0 cm³/mol. The first-order valence-electron chi connectivity index (χ1n) is 5.62. The van der Waals surface area contributed by atoms with Crippen LogP contribution in [0.25, 0.3) is 0 Å². The average molecular weight is 246 g/mol. The number of methoxy groups -OCH3 is 2. The molecule has 0 radical (unpaired) electrons. The molecule has 1 N–H and O–H groups in total. The van der Waals surface area contributed by atoms with E-state index in [1.54, 1.807) is 19.1 Å². The lowest BCUT2D eigenvalue weighted by Crippen LogP contribution is -2.43. The van der Waals surface area contributed by atoms with Crippen LogP contribution in [0.5, 0.6) is 0 Å². The summed E-state index contributed by atoms with van der Waals surface area (Å²) in [5, 5.41) is 2.69. The van der Waals surface area contributed by atoms with Gasteiger partial charge in [0.15, 0.2) is 0 Å². The van der Waals surface area contributed by atoms with Crippen LogP contribution in [0.3, 0.4) is 0 Å². The van der Waals surface area contributed by atoms with Crippen molar-refractivity contribution in [3.63, 3.8) is 0 Å². The number of ketones is 1. The summed E-state index contributed by atoms with van der Waals surface area (Å²) in [6, 6.07) is -0.194. The molecule has 0 spiro atoms. The number of carbonyl (C=O) groups excluding carboxylic acids is 2. The molecule has 2 amide bonds. The average Bonchev–Trinajstić information content (AvgIpc) is 2.28. The molecule has 0 heterocycles. The SMILES string of the molecule is COCCN(CCOC)C(=O)NCCC(C)=O. The van der Waals surface area contributed by atoms with Gasteiger partial charge in [-0.3, -0.25) is 4.79 Å². The first kappa shape index (κ1) is 15.9. The van der Waals surface area contributed by atoms with Gasteiger partial charge in [-0.25, -0.2) is 4.79 Å². The molecule has 0 unspecified atom stereocenters. The zero-order chi connectivity index (χ0) is 13.1. The summed E-state index contributed by atoms with van der Waals surface area (Å²) in [6.07, 6.45) is 0.355. The van der Waals surface area contributed by atoms with Crippen LogP contribution in [0.1, 0.15) is 13.3 Å². The van der Waals surface area contributed by atoms with Gasteiger partial charge in [0.2, 0.25) is 0 Å². The van der Waals surface area contributed by atoms with Crippen molar-refractivity contribution < 1.29 is 19.1 Å². The largest absolute Gasteiger partial charge is 0.383 e. The van der Waals surface area contributed by atoms with Crippen LogP contribution >= 0.6 is 0 Å². The van der Waals surface area contributed by atoms with Gasteiger partial charge in [-0.05, 0) is 6.92 Å². The van der Waals surface area contributed by atoms with Crippen molar-refractivity contribution in [1.82, 2.24) is 10.2 Å². The standard InChI is InChI=1S/C11H22N2O4/c1-10(14)4-5-12-11(15)13(6-8-16-2)7-9-17-3/h4-9H2,1-3H3,(H,12,15). The quantitative estimate of drug-likeness (QED) is 0.634. The van der Waals surface area contributed by atoms with Gasteiger partial charge in [0.1, 0.15) is 5.78 Å². The molecule has 100 valence electrons. The maximum Gasteiger partial charge on any atom is 0.317 e. The fraction of sp³-hybridized carbons (Fsp3) is 0.818. The zero-order valence-electron chi connectivity index (χ0n) is 10.8. The number of rotatable bonds is 9. The predicted octanol–water partition coefficient (Wildman–Crippen LogP) is 0.270. The summed E-state index contributed by atoms with van der Waals surface area (Å²) in [5.41, 5.74) is 0. The third-order valence-electron chi connectivity index (χ3n) is 2.17. The van der Waals surface area contributed by atoms with Crippen molar-refractivity contribution in [1.29, 1.82) is 0 Å². The van der Waals surface area contributed by atoms with E-state index in [9.17, 15) is 9.59 Å². The molecule has 0 aliphatic heterocycles. The second-order valence-corrected chi connectivity index (χ2v) is 3.66. The zero-order valence-corrected chi connectivity index (χ0v) is 10.8. The second-order valence-electron chi connectivity index (χ2n) is 3.66. The number of ether oxygens (including phenoxy) is 2. The summed E-state index contributed by atoms with van der Waals surface area (Å²) < 4.78 is 9.86. The van der Waals surface area contributed by atoms with Crippen LogP contribution in [-0.2, 0) is 14.3 Å². The van der Waals surface area contributed by atoms with Gasteiger partial charge in [0, 0.05) is 40.3 Å². The fourth-order valence-corrected chi connectivity index (χ4v) is 1.18. The van der Waals surface area contributed by atoms with Gasteiger partial charge in [0.25, 0.3) is 0 Å². The monoisotopic (exact) mass is 246 g/mol. The molecule has 0 atom stereocenters. The van der Waals surface area contributed by atoms with E-state index in [0.717, 1.165) is 0 Å². The molecule has 0 aromatic heterocycles. The Balaban J connectivity index is 3.97. The molecule has 0 aromatic rings. The molecule has 0 aliphatic rings. The molecule has 0 aromatic carbocycles. The Morgan fingerprint density at radius 3 is 2.06 bits per heavy atom. The smallest absolute Gasteiger partial charge is 0.317 e. The molecule has 17 heavy (non-hydrogen) atoms. The van der Waals surface area contributed by atoms with Gasteiger partial charge < -0.3 is 19.7 Å². The van der Waals surface area contributed by atoms with Crippen LogP contribution in [0.4, 0.5) is 4.79 Å². The molecular weight excluding hydrogens is 224 g/mol. The van der Waals surface area contributed by atoms with Crippen LogP contribution in [0.15, 0.2) is 0 Å². The summed E-state index contributed by atoms with van der Waals surface area (Å²) >= 11 is 0. The van der Waals surface area contributed by atoms with Gasteiger partial charge in [0.05, 0.1) is 13.2 Å². The Morgan fingerprint density at radius 1 is 1.12 bits per heavy atom. The molecule has 0 saturated carbocycles. The van der Waals surface area contributed by atoms with Crippen molar-refractivity contribution in [3.8, 4) is 0 Å². The Hall–Kier alpha value is -1.14. The highest BCUT2D eigenvalue weighted by Gasteiger charge is 2.12. The molecule has 0 rings (SSSR count). The Kier molecular flexibility index (Phi) is 9.37. The van der Waals surface area contributed by atoms with E-state index in [1.165, 1.54) is 6.92 Å². The van der Waals surface area contributed by atoms with E-state index in [4.69, 9.17) is 9.47 Å². The third kappa shape index (κ3) is 8.65. The molecule has 0 aliphatic carbocycles. The lowest BCUT2D eigenvalue weighted by Gasteiger charge is -2.22. The van der Waals surface area contributed by atoms with Crippen molar-refractivity contribution in [2.75, 3.05) is 47.1 Å². The minimum atomic E-state index is -0.194. The summed E-state index contributed by atoms with van der Waals surface area (Å²) in [6.45, 7) is 3.83. The van der Waals surface area contributed by atoms with E-state index in [0.29, 0.717) is 39.3 Å². The number of hydrogen-bond donors (Lipinski definition) is 1. The van der Waals surface area contributed by atoms with E-state index in [1.807, 2.05) is 0 Å². The Bertz CT molecular complexity index is 226. The van der Waals surface area contributed by atoms with E-state index < -0.39 is 0 Å². The van der Waals surface area contributed by atoms with Gasteiger partial charge in [-0.2, -0.15) is 0 Å². The molecular formula is C11H22N2O4. The topological polar surface area (TPSA) is 67.9 Å². The van der Waals surface area contributed by atoms with Gasteiger partial charge in [-0.1, -0.05) is 0 Å². The highest BCUT2D eigenvalue weighted by molar-refractivity contribution is 5.77. The summed E-state index contributed by atoms with van der Waals surface area (Å²) in [7, 11) is 3.17. The van der Waals surface area contributed by atoms with Crippen LogP contribution < -0.4 is 5.32 Å². The number of amides is 2. The first-order chi connectivity index (χ1) is 8.11. The Labute approximate surface area is 102 Å². The summed E-state index contributed by atoms with van der Waals surface area (Å²) in [5.74, 6) is 0.0608. The second kappa shape index (κ2) is 10.0. The minimum absolute atomic E-state index is 0.0608. The lowest BCUT2D eigenvalue weighted by molar-refractivity contribution is -0.116. The third-order valence-corrected chi connectivity index (χ3v) is 2.17. The van der Waals surface area contributed by atoms with E-state index in [2.05, 4.69) is 5.32 Å². The molecule has 0 saturated heterocycles. The Morgan fingerprint density at radius 2 is 1.65 bits per heavy atom. The molecule has 0 bridgehead atoms. The highest BCUT2D eigenvalue weighted by atomic mass is 16.5. The van der Waals surface area contributed by atoms with Crippen molar-refractivity contribution in [2.45, 2.75) is 13.3 Å². The number of carbonyl (C=O) groups is 2. The molecule has 6 heteroatoms. The van der Waals surface area contributed by atoms with E-state index >= 15 is 0 Å². The number of hydrogen-bond acceptors (Lipinski definition) is 4. The summed E-state index contributed by atoms with van der Waals surface area (Å²) in [4.78, 5) is 24.1. The van der Waals surface area contributed by atoms with Crippen LogP contribution in [0, 0.1) is 0 Å².